The summed E-state index contributed by atoms with van der Waals surface area (Å²) in [5, 5.41) is 13.2. The molecule has 0 bridgehead atoms. The number of benzene rings is 1. The molecule has 3 N–H and O–H groups in total. The molecule has 0 aliphatic rings. The van der Waals surface area contributed by atoms with Gasteiger partial charge in [-0.15, -0.1) is 5.10 Å². The van der Waals surface area contributed by atoms with Crippen molar-refractivity contribution in [2.75, 3.05) is 5.73 Å². The van der Waals surface area contributed by atoms with Gasteiger partial charge >= 0.3 is 5.97 Å². The van der Waals surface area contributed by atoms with E-state index in [1.807, 2.05) is 19.1 Å². The molecule has 0 aliphatic heterocycles. The summed E-state index contributed by atoms with van der Waals surface area (Å²) in [6.07, 6.45) is 0. The number of aromatic nitrogens is 3. The van der Waals surface area contributed by atoms with Crippen LogP contribution in [0.2, 0.25) is 0 Å². The van der Waals surface area contributed by atoms with Crippen molar-refractivity contribution in [3.63, 3.8) is 0 Å². The number of fused-ring (bicyclic) bond motifs is 1. The van der Waals surface area contributed by atoms with Gasteiger partial charge in [-0.1, -0.05) is 12.1 Å². The van der Waals surface area contributed by atoms with Crippen LogP contribution in [0.4, 0.5) is 5.95 Å². The molecule has 2 heterocycles. The van der Waals surface area contributed by atoms with E-state index in [9.17, 15) is 4.79 Å². The first kappa shape index (κ1) is 12.2. The van der Waals surface area contributed by atoms with Crippen LogP contribution in [0, 0.1) is 6.92 Å². The molecule has 1 aromatic carbocycles. The van der Waals surface area contributed by atoms with Crippen molar-refractivity contribution in [1.29, 1.82) is 0 Å². The molecule has 6 heteroatoms. The normalized spacial score (nSPS) is 10.8. The average molecular weight is 268 g/mol. The van der Waals surface area contributed by atoms with E-state index in [4.69, 9.17) is 10.8 Å². The number of hydrogen-bond donors (Lipinski definition) is 2. The number of nitrogens with zero attached hydrogens (tertiary/aromatic N) is 3. The van der Waals surface area contributed by atoms with E-state index < -0.39 is 5.97 Å². The molecule has 0 atom stereocenters. The number of hydrogen-bond acceptors (Lipinski definition) is 4. The van der Waals surface area contributed by atoms with Crippen molar-refractivity contribution in [3.8, 4) is 11.1 Å². The van der Waals surface area contributed by atoms with Crippen molar-refractivity contribution in [2.24, 2.45) is 0 Å². The standard InChI is InChI=1S/C14H12N4O2/c1-8-11(5-6-12-16-14(15)17-18(8)12)9-3-2-4-10(7-9)13(19)20/h2-7H,1H3,(H2,15,17)(H,19,20). The minimum Gasteiger partial charge on any atom is -0.478 e. The Morgan fingerprint density at radius 1 is 1.30 bits per heavy atom. The Hall–Kier alpha value is -2.89. The lowest BCUT2D eigenvalue weighted by Crippen LogP contribution is -1.99. The Bertz CT molecular complexity index is 823. The maximum atomic E-state index is 11.0. The number of carboxylic acids is 1. The van der Waals surface area contributed by atoms with Crippen LogP contribution in [-0.4, -0.2) is 25.7 Å². The SMILES string of the molecule is Cc1c(-c2cccc(C(=O)O)c2)ccc2nc(N)nn12. The predicted molar refractivity (Wildman–Crippen MR) is 74.5 cm³/mol. The summed E-state index contributed by atoms with van der Waals surface area (Å²) in [6, 6.07) is 10.5. The van der Waals surface area contributed by atoms with Crippen LogP contribution in [0.1, 0.15) is 16.1 Å². The largest absolute Gasteiger partial charge is 0.478 e. The summed E-state index contributed by atoms with van der Waals surface area (Å²) in [5.41, 5.74) is 9.07. The number of nitrogens with two attached hydrogens (primary N) is 1. The topological polar surface area (TPSA) is 93.5 Å². The summed E-state index contributed by atoms with van der Waals surface area (Å²) in [4.78, 5) is 15.1. The summed E-state index contributed by atoms with van der Waals surface area (Å²) >= 11 is 0. The molecule has 0 unspecified atom stereocenters. The maximum absolute atomic E-state index is 11.0. The fourth-order valence-electron chi connectivity index (χ4n) is 2.21. The van der Waals surface area contributed by atoms with Crippen LogP contribution in [-0.2, 0) is 0 Å². The Morgan fingerprint density at radius 3 is 2.85 bits per heavy atom. The number of anilines is 1. The summed E-state index contributed by atoms with van der Waals surface area (Å²) in [5.74, 6) is -0.736. The summed E-state index contributed by atoms with van der Waals surface area (Å²) in [7, 11) is 0. The number of nitrogen functional groups attached to an aromatic ring is 1. The quantitative estimate of drug-likeness (QED) is 0.741. The number of aromatic carboxylic acids is 1. The second-order valence-electron chi connectivity index (χ2n) is 4.46. The van der Waals surface area contributed by atoms with Crippen molar-refractivity contribution in [1.82, 2.24) is 14.6 Å². The Morgan fingerprint density at radius 2 is 2.10 bits per heavy atom. The minimum absolute atomic E-state index is 0.213. The lowest BCUT2D eigenvalue weighted by atomic mass is 10.0. The lowest BCUT2D eigenvalue weighted by Gasteiger charge is -2.08. The van der Waals surface area contributed by atoms with E-state index in [0.29, 0.717) is 5.65 Å². The van der Waals surface area contributed by atoms with Gasteiger partial charge in [-0.3, -0.25) is 0 Å². The van der Waals surface area contributed by atoms with Gasteiger partial charge in [-0.25, -0.2) is 9.31 Å². The third kappa shape index (κ3) is 1.87. The van der Waals surface area contributed by atoms with Gasteiger partial charge < -0.3 is 10.8 Å². The highest BCUT2D eigenvalue weighted by molar-refractivity contribution is 5.89. The predicted octanol–water partition coefficient (Wildman–Crippen LogP) is 1.99. The third-order valence-electron chi connectivity index (χ3n) is 3.18. The zero-order chi connectivity index (χ0) is 14.3. The van der Waals surface area contributed by atoms with Crippen molar-refractivity contribution in [2.45, 2.75) is 6.92 Å². The molecule has 2 aromatic heterocycles. The Kier molecular flexibility index (Phi) is 2.64. The lowest BCUT2D eigenvalue weighted by molar-refractivity contribution is 0.0697. The fraction of sp³-hybridized carbons (Fsp3) is 0.0714. The molecule has 0 saturated heterocycles. The van der Waals surface area contributed by atoms with Gasteiger partial charge in [0.1, 0.15) is 0 Å². The van der Waals surface area contributed by atoms with Crippen molar-refractivity contribution < 1.29 is 9.90 Å². The molecular formula is C14H12N4O2. The smallest absolute Gasteiger partial charge is 0.335 e. The number of rotatable bonds is 2. The molecule has 0 radical (unpaired) electrons. The molecule has 3 aromatic rings. The molecule has 0 fully saturated rings. The van der Waals surface area contributed by atoms with Crippen LogP contribution in [0.25, 0.3) is 16.8 Å². The second kappa shape index (κ2) is 4.34. The van der Waals surface area contributed by atoms with Gasteiger partial charge in [0.15, 0.2) is 5.65 Å². The molecule has 0 aliphatic carbocycles. The van der Waals surface area contributed by atoms with Gasteiger partial charge in [-0.2, -0.15) is 4.98 Å². The van der Waals surface area contributed by atoms with E-state index >= 15 is 0 Å². The molecular weight excluding hydrogens is 256 g/mol. The molecule has 6 nitrogen and oxygen atoms in total. The van der Waals surface area contributed by atoms with Crippen molar-refractivity contribution in [3.05, 3.63) is 47.7 Å². The highest BCUT2D eigenvalue weighted by Crippen LogP contribution is 2.25. The monoisotopic (exact) mass is 268 g/mol. The molecule has 3 rings (SSSR count). The molecule has 100 valence electrons. The van der Waals surface area contributed by atoms with E-state index in [1.165, 1.54) is 0 Å². The number of carbonyl (C=O) groups is 1. The number of pyridine rings is 1. The van der Waals surface area contributed by atoms with Gasteiger partial charge in [0.25, 0.3) is 0 Å². The van der Waals surface area contributed by atoms with E-state index in [-0.39, 0.29) is 11.5 Å². The maximum Gasteiger partial charge on any atom is 0.335 e. The van der Waals surface area contributed by atoms with E-state index in [1.54, 1.807) is 28.8 Å². The highest BCUT2D eigenvalue weighted by atomic mass is 16.4. The van der Waals surface area contributed by atoms with E-state index in [2.05, 4.69) is 10.1 Å². The Balaban J connectivity index is 2.21. The van der Waals surface area contributed by atoms with Crippen LogP contribution < -0.4 is 5.73 Å². The first-order valence-corrected chi connectivity index (χ1v) is 6.02. The molecule has 20 heavy (non-hydrogen) atoms. The zero-order valence-electron chi connectivity index (χ0n) is 10.7. The zero-order valence-corrected chi connectivity index (χ0v) is 10.7. The fourth-order valence-corrected chi connectivity index (χ4v) is 2.21. The van der Waals surface area contributed by atoms with E-state index in [0.717, 1.165) is 16.8 Å². The third-order valence-corrected chi connectivity index (χ3v) is 3.18. The average Bonchev–Trinajstić information content (AvgIpc) is 2.81. The molecule has 0 spiro atoms. The first-order valence-electron chi connectivity index (χ1n) is 6.02. The van der Waals surface area contributed by atoms with Crippen LogP contribution in [0.5, 0.6) is 0 Å². The second-order valence-corrected chi connectivity index (χ2v) is 4.46. The minimum atomic E-state index is -0.949. The first-order chi connectivity index (χ1) is 9.56. The number of carboxylic acid groups (broad SMARTS) is 1. The molecule has 0 amide bonds. The van der Waals surface area contributed by atoms with Crippen molar-refractivity contribution >= 4 is 17.6 Å². The summed E-state index contributed by atoms with van der Waals surface area (Å²) < 4.78 is 1.65. The van der Waals surface area contributed by atoms with Gasteiger partial charge in [0, 0.05) is 11.3 Å². The van der Waals surface area contributed by atoms with Crippen LogP contribution in [0.3, 0.4) is 0 Å². The van der Waals surface area contributed by atoms with Gasteiger partial charge in [-0.05, 0) is 36.8 Å². The van der Waals surface area contributed by atoms with Gasteiger partial charge in [0.2, 0.25) is 5.95 Å². The molecule has 0 saturated carbocycles. The summed E-state index contributed by atoms with van der Waals surface area (Å²) in [6.45, 7) is 1.89. The number of aryl methyl sites for hydroxylation is 1. The van der Waals surface area contributed by atoms with Crippen LogP contribution in [0.15, 0.2) is 36.4 Å². The Labute approximate surface area is 114 Å². The van der Waals surface area contributed by atoms with Gasteiger partial charge in [0.05, 0.1) is 5.56 Å². The van der Waals surface area contributed by atoms with Crippen LogP contribution >= 0.6 is 0 Å². The highest BCUT2D eigenvalue weighted by Gasteiger charge is 2.10.